The molecule has 1 heterocycles. The highest BCUT2D eigenvalue weighted by Gasteiger charge is 2.21. The van der Waals surface area contributed by atoms with E-state index in [2.05, 4.69) is 38.3 Å². The first-order valence-electron chi connectivity index (χ1n) is 7.88. The minimum absolute atomic E-state index is 0.486. The van der Waals surface area contributed by atoms with Gasteiger partial charge < -0.3 is 10.3 Å². The maximum absolute atomic E-state index is 5.90. The molecule has 2 aromatic rings. The molecule has 2 rings (SSSR count). The summed E-state index contributed by atoms with van der Waals surface area (Å²) in [6, 6.07) is 6.58. The lowest BCUT2D eigenvalue weighted by Crippen LogP contribution is -2.18. The predicted octanol–water partition coefficient (Wildman–Crippen LogP) is 4.57. The SMILES string of the molecule is CCCc1nc2cc(N)ccc2n1C(C)C(CC)CC. The molecule has 1 atom stereocenters. The van der Waals surface area contributed by atoms with Crippen LogP contribution in [0.5, 0.6) is 0 Å². The quantitative estimate of drug-likeness (QED) is 0.784. The van der Waals surface area contributed by atoms with Gasteiger partial charge in [0.1, 0.15) is 5.82 Å². The Bertz CT molecular complexity index is 567. The van der Waals surface area contributed by atoms with Crippen LogP contribution in [0.2, 0.25) is 0 Å². The van der Waals surface area contributed by atoms with Gasteiger partial charge in [0.15, 0.2) is 0 Å². The van der Waals surface area contributed by atoms with E-state index in [0.717, 1.165) is 24.0 Å². The lowest BCUT2D eigenvalue weighted by molar-refractivity contribution is 0.332. The first-order chi connectivity index (χ1) is 9.62. The van der Waals surface area contributed by atoms with Crippen LogP contribution in [0.1, 0.15) is 58.8 Å². The minimum Gasteiger partial charge on any atom is -0.399 e. The lowest BCUT2D eigenvalue weighted by Gasteiger charge is -2.25. The Kier molecular flexibility index (Phi) is 4.69. The highest BCUT2D eigenvalue weighted by atomic mass is 15.1. The molecule has 0 aliphatic heterocycles. The summed E-state index contributed by atoms with van der Waals surface area (Å²) in [6.07, 6.45) is 4.56. The standard InChI is InChI=1S/C17H27N3/c1-5-8-17-19-15-11-14(18)9-10-16(15)20(17)12(4)13(6-2)7-3/h9-13H,5-8,18H2,1-4H3. The summed E-state index contributed by atoms with van der Waals surface area (Å²) in [5, 5.41) is 0. The maximum atomic E-state index is 5.90. The number of imidazole rings is 1. The fourth-order valence-corrected chi connectivity index (χ4v) is 3.20. The third-order valence-corrected chi connectivity index (χ3v) is 4.40. The summed E-state index contributed by atoms with van der Waals surface area (Å²) >= 11 is 0. The number of aryl methyl sites for hydroxylation is 1. The molecular formula is C17H27N3. The van der Waals surface area contributed by atoms with Gasteiger partial charge in [-0.2, -0.15) is 0 Å². The zero-order chi connectivity index (χ0) is 14.7. The van der Waals surface area contributed by atoms with E-state index >= 15 is 0 Å². The number of fused-ring (bicyclic) bond motifs is 1. The van der Waals surface area contributed by atoms with Crippen molar-refractivity contribution in [3.63, 3.8) is 0 Å². The fourth-order valence-electron chi connectivity index (χ4n) is 3.20. The zero-order valence-electron chi connectivity index (χ0n) is 13.2. The van der Waals surface area contributed by atoms with Crippen LogP contribution in [-0.2, 0) is 6.42 Å². The predicted molar refractivity (Wildman–Crippen MR) is 86.9 cm³/mol. The van der Waals surface area contributed by atoms with Crippen LogP contribution in [0, 0.1) is 5.92 Å². The van der Waals surface area contributed by atoms with Crippen LogP contribution >= 0.6 is 0 Å². The molecule has 0 spiro atoms. The van der Waals surface area contributed by atoms with Gasteiger partial charge in [-0.25, -0.2) is 4.98 Å². The van der Waals surface area contributed by atoms with E-state index in [1.165, 1.54) is 24.2 Å². The van der Waals surface area contributed by atoms with Gasteiger partial charge in [0.05, 0.1) is 11.0 Å². The Labute approximate surface area is 122 Å². The largest absolute Gasteiger partial charge is 0.399 e. The van der Waals surface area contributed by atoms with Crippen LogP contribution in [0.3, 0.4) is 0 Å². The smallest absolute Gasteiger partial charge is 0.110 e. The molecule has 0 fully saturated rings. The highest BCUT2D eigenvalue weighted by Crippen LogP contribution is 2.30. The van der Waals surface area contributed by atoms with Crippen molar-refractivity contribution in [3.8, 4) is 0 Å². The normalized spacial score (nSPS) is 13.2. The zero-order valence-corrected chi connectivity index (χ0v) is 13.2. The van der Waals surface area contributed by atoms with Gasteiger partial charge in [-0.1, -0.05) is 33.6 Å². The first-order valence-corrected chi connectivity index (χ1v) is 7.88. The maximum Gasteiger partial charge on any atom is 0.110 e. The Hall–Kier alpha value is -1.51. The molecule has 0 radical (unpaired) electrons. The van der Waals surface area contributed by atoms with Gasteiger partial charge in [0, 0.05) is 18.2 Å². The van der Waals surface area contributed by atoms with Crippen molar-refractivity contribution in [2.45, 2.75) is 59.4 Å². The van der Waals surface area contributed by atoms with Gasteiger partial charge in [0.25, 0.3) is 0 Å². The van der Waals surface area contributed by atoms with Crippen LogP contribution in [0.25, 0.3) is 11.0 Å². The van der Waals surface area contributed by atoms with E-state index in [-0.39, 0.29) is 0 Å². The molecule has 20 heavy (non-hydrogen) atoms. The van der Waals surface area contributed by atoms with Gasteiger partial charge in [-0.15, -0.1) is 0 Å². The van der Waals surface area contributed by atoms with Gasteiger partial charge >= 0.3 is 0 Å². The number of rotatable bonds is 6. The minimum atomic E-state index is 0.486. The lowest BCUT2D eigenvalue weighted by atomic mass is 9.95. The van der Waals surface area contributed by atoms with E-state index in [0.29, 0.717) is 12.0 Å². The van der Waals surface area contributed by atoms with Crippen molar-refractivity contribution in [2.75, 3.05) is 5.73 Å². The molecule has 0 aliphatic carbocycles. The average Bonchev–Trinajstić information content (AvgIpc) is 2.77. The van der Waals surface area contributed by atoms with Crippen molar-refractivity contribution in [3.05, 3.63) is 24.0 Å². The van der Waals surface area contributed by atoms with Crippen molar-refractivity contribution >= 4 is 16.7 Å². The summed E-state index contributed by atoms with van der Waals surface area (Å²) in [6.45, 7) is 9.09. The molecule has 0 saturated heterocycles. The van der Waals surface area contributed by atoms with E-state index in [1.54, 1.807) is 0 Å². The van der Waals surface area contributed by atoms with Gasteiger partial charge in [0.2, 0.25) is 0 Å². The molecule has 1 unspecified atom stereocenters. The molecule has 110 valence electrons. The summed E-state index contributed by atoms with van der Waals surface area (Å²) in [5.41, 5.74) is 8.95. The monoisotopic (exact) mass is 273 g/mol. The number of hydrogen-bond donors (Lipinski definition) is 1. The summed E-state index contributed by atoms with van der Waals surface area (Å²) in [5.74, 6) is 1.90. The molecule has 0 saturated carbocycles. The first kappa shape index (κ1) is 14.9. The van der Waals surface area contributed by atoms with E-state index in [4.69, 9.17) is 10.7 Å². The van der Waals surface area contributed by atoms with Crippen molar-refractivity contribution in [1.29, 1.82) is 0 Å². The summed E-state index contributed by atoms with van der Waals surface area (Å²) in [4.78, 5) is 4.82. The van der Waals surface area contributed by atoms with Crippen LogP contribution in [0.15, 0.2) is 18.2 Å². The second-order valence-electron chi connectivity index (χ2n) is 5.71. The molecule has 1 aromatic carbocycles. The number of hydrogen-bond acceptors (Lipinski definition) is 2. The molecule has 0 bridgehead atoms. The van der Waals surface area contributed by atoms with E-state index in [1.807, 2.05) is 12.1 Å². The topological polar surface area (TPSA) is 43.8 Å². The number of nitrogens with zero attached hydrogens (tertiary/aromatic N) is 2. The molecule has 3 nitrogen and oxygen atoms in total. The fraction of sp³-hybridized carbons (Fsp3) is 0.588. The Morgan fingerprint density at radius 1 is 1.20 bits per heavy atom. The van der Waals surface area contributed by atoms with Crippen LogP contribution in [0.4, 0.5) is 5.69 Å². The summed E-state index contributed by atoms with van der Waals surface area (Å²) < 4.78 is 2.44. The molecular weight excluding hydrogens is 246 g/mol. The summed E-state index contributed by atoms with van der Waals surface area (Å²) in [7, 11) is 0. The van der Waals surface area contributed by atoms with Crippen LogP contribution < -0.4 is 5.73 Å². The van der Waals surface area contributed by atoms with Crippen molar-refractivity contribution < 1.29 is 0 Å². The van der Waals surface area contributed by atoms with Crippen molar-refractivity contribution in [1.82, 2.24) is 9.55 Å². The number of benzene rings is 1. The Balaban J connectivity index is 2.55. The van der Waals surface area contributed by atoms with Gasteiger partial charge in [-0.05, 0) is 37.5 Å². The highest BCUT2D eigenvalue weighted by molar-refractivity contribution is 5.79. The number of anilines is 1. The number of aromatic nitrogens is 2. The number of nitrogens with two attached hydrogens (primary N) is 1. The van der Waals surface area contributed by atoms with E-state index < -0.39 is 0 Å². The second kappa shape index (κ2) is 6.29. The third kappa shape index (κ3) is 2.67. The molecule has 0 aliphatic rings. The molecule has 1 aromatic heterocycles. The molecule has 0 amide bonds. The third-order valence-electron chi connectivity index (χ3n) is 4.40. The van der Waals surface area contributed by atoms with E-state index in [9.17, 15) is 0 Å². The Morgan fingerprint density at radius 3 is 2.50 bits per heavy atom. The average molecular weight is 273 g/mol. The van der Waals surface area contributed by atoms with Crippen molar-refractivity contribution in [2.24, 2.45) is 5.92 Å². The van der Waals surface area contributed by atoms with Crippen LogP contribution in [-0.4, -0.2) is 9.55 Å². The molecule has 2 N–H and O–H groups in total. The van der Waals surface area contributed by atoms with Gasteiger partial charge in [-0.3, -0.25) is 0 Å². The second-order valence-corrected chi connectivity index (χ2v) is 5.71. The Morgan fingerprint density at radius 2 is 1.90 bits per heavy atom. The number of nitrogen functional groups attached to an aromatic ring is 1. The molecule has 3 heteroatoms.